The molecule has 2 nitrogen and oxygen atoms in total. The van der Waals surface area contributed by atoms with E-state index >= 15 is 0 Å². The molecule has 0 spiro atoms. The number of nitrogens with one attached hydrogen (secondary N) is 1. The van der Waals surface area contributed by atoms with Gasteiger partial charge in [0.15, 0.2) is 0 Å². The molecule has 0 amide bonds. The van der Waals surface area contributed by atoms with Crippen molar-refractivity contribution < 1.29 is 5.11 Å². The molecule has 0 aliphatic rings. The molecule has 0 heterocycles. The molecule has 14 heavy (non-hydrogen) atoms. The minimum Gasteiger partial charge on any atom is -0.387 e. The van der Waals surface area contributed by atoms with Crippen LogP contribution in [0.15, 0.2) is 23.1 Å². The Morgan fingerprint density at radius 1 is 1.50 bits per heavy atom. The third kappa shape index (κ3) is 2.74. The van der Waals surface area contributed by atoms with E-state index in [9.17, 15) is 5.11 Å². The van der Waals surface area contributed by atoms with Crippen LogP contribution in [0.4, 0.5) is 0 Å². The van der Waals surface area contributed by atoms with Crippen molar-refractivity contribution in [3.63, 3.8) is 0 Å². The molecule has 1 unspecified atom stereocenters. The standard InChI is InChI=1S/C11H17NOS/c1-8-6-9(10(13)7-12-2)4-5-11(8)14-3/h4-6,10,12-13H,7H2,1-3H3. The molecule has 78 valence electrons. The van der Waals surface area contributed by atoms with Crippen molar-refractivity contribution in [2.75, 3.05) is 19.8 Å². The van der Waals surface area contributed by atoms with Crippen molar-refractivity contribution in [1.29, 1.82) is 0 Å². The van der Waals surface area contributed by atoms with E-state index in [1.807, 2.05) is 19.2 Å². The van der Waals surface area contributed by atoms with Crippen LogP contribution in [0.3, 0.4) is 0 Å². The molecule has 0 bridgehead atoms. The van der Waals surface area contributed by atoms with E-state index in [0.717, 1.165) is 5.56 Å². The highest BCUT2D eigenvalue weighted by molar-refractivity contribution is 7.98. The molecule has 0 radical (unpaired) electrons. The highest BCUT2D eigenvalue weighted by Crippen LogP contribution is 2.23. The molecule has 0 aromatic heterocycles. The molecule has 1 atom stereocenters. The summed E-state index contributed by atoms with van der Waals surface area (Å²) in [5.74, 6) is 0. The van der Waals surface area contributed by atoms with E-state index in [-0.39, 0.29) is 0 Å². The topological polar surface area (TPSA) is 32.3 Å². The van der Waals surface area contributed by atoms with Gasteiger partial charge in [-0.1, -0.05) is 12.1 Å². The Morgan fingerprint density at radius 2 is 2.21 bits per heavy atom. The molecule has 0 aliphatic carbocycles. The van der Waals surface area contributed by atoms with Crippen molar-refractivity contribution >= 4 is 11.8 Å². The molecular weight excluding hydrogens is 194 g/mol. The van der Waals surface area contributed by atoms with E-state index in [2.05, 4.69) is 24.6 Å². The SMILES string of the molecule is CNCC(O)c1ccc(SC)c(C)c1. The smallest absolute Gasteiger partial charge is 0.0914 e. The van der Waals surface area contributed by atoms with Gasteiger partial charge in [0, 0.05) is 11.4 Å². The molecular formula is C11H17NOS. The Balaban J connectivity index is 2.85. The normalized spacial score (nSPS) is 12.9. The van der Waals surface area contributed by atoms with Gasteiger partial charge in [-0.25, -0.2) is 0 Å². The van der Waals surface area contributed by atoms with Crippen molar-refractivity contribution in [2.24, 2.45) is 0 Å². The number of aliphatic hydroxyl groups is 1. The first kappa shape index (κ1) is 11.6. The summed E-state index contributed by atoms with van der Waals surface area (Å²) in [5.41, 5.74) is 2.21. The molecule has 1 rings (SSSR count). The van der Waals surface area contributed by atoms with Gasteiger partial charge in [0.05, 0.1) is 6.10 Å². The quantitative estimate of drug-likeness (QED) is 0.747. The minimum absolute atomic E-state index is 0.408. The fourth-order valence-electron chi connectivity index (χ4n) is 1.42. The number of rotatable bonds is 4. The summed E-state index contributed by atoms with van der Waals surface area (Å²) >= 11 is 1.73. The van der Waals surface area contributed by atoms with Crippen LogP contribution < -0.4 is 5.32 Å². The predicted molar refractivity (Wildman–Crippen MR) is 61.8 cm³/mol. The van der Waals surface area contributed by atoms with E-state index in [1.165, 1.54) is 10.5 Å². The van der Waals surface area contributed by atoms with Crippen LogP contribution in [0.1, 0.15) is 17.2 Å². The summed E-state index contributed by atoms with van der Waals surface area (Å²) in [7, 11) is 1.84. The molecule has 0 saturated carbocycles. The number of hydrogen-bond donors (Lipinski definition) is 2. The van der Waals surface area contributed by atoms with Crippen LogP contribution in [0.25, 0.3) is 0 Å². The van der Waals surface area contributed by atoms with Crippen molar-refractivity contribution in [2.45, 2.75) is 17.9 Å². The summed E-state index contributed by atoms with van der Waals surface area (Å²) in [6, 6.07) is 6.10. The Labute approximate surface area is 89.7 Å². The fourth-order valence-corrected chi connectivity index (χ4v) is 2.01. The Bertz CT molecular complexity index is 301. The van der Waals surface area contributed by atoms with Gasteiger partial charge in [-0.3, -0.25) is 0 Å². The van der Waals surface area contributed by atoms with Gasteiger partial charge in [-0.2, -0.15) is 0 Å². The van der Waals surface area contributed by atoms with Gasteiger partial charge in [0.25, 0.3) is 0 Å². The molecule has 1 aromatic rings. The highest BCUT2D eigenvalue weighted by atomic mass is 32.2. The zero-order valence-electron chi connectivity index (χ0n) is 8.87. The number of thioether (sulfide) groups is 1. The van der Waals surface area contributed by atoms with Gasteiger partial charge in [0.1, 0.15) is 0 Å². The van der Waals surface area contributed by atoms with Gasteiger partial charge in [0.2, 0.25) is 0 Å². The highest BCUT2D eigenvalue weighted by Gasteiger charge is 2.07. The van der Waals surface area contributed by atoms with Crippen molar-refractivity contribution in [3.05, 3.63) is 29.3 Å². The first-order valence-corrected chi connectivity index (χ1v) is 5.88. The van der Waals surface area contributed by atoms with Crippen molar-refractivity contribution in [3.8, 4) is 0 Å². The number of benzene rings is 1. The maximum atomic E-state index is 9.74. The molecule has 1 aromatic carbocycles. The second-order valence-electron chi connectivity index (χ2n) is 3.30. The first-order chi connectivity index (χ1) is 6.69. The maximum absolute atomic E-state index is 9.74. The fraction of sp³-hybridized carbons (Fsp3) is 0.455. The number of aryl methyl sites for hydroxylation is 1. The monoisotopic (exact) mass is 211 g/mol. The largest absolute Gasteiger partial charge is 0.387 e. The summed E-state index contributed by atoms with van der Waals surface area (Å²) in [5, 5.41) is 12.7. The second kappa shape index (κ2) is 5.39. The first-order valence-electron chi connectivity index (χ1n) is 4.66. The van der Waals surface area contributed by atoms with E-state index in [1.54, 1.807) is 11.8 Å². The van der Waals surface area contributed by atoms with Gasteiger partial charge in [-0.15, -0.1) is 11.8 Å². The minimum atomic E-state index is -0.408. The van der Waals surface area contributed by atoms with Crippen LogP contribution >= 0.6 is 11.8 Å². The third-order valence-electron chi connectivity index (χ3n) is 2.20. The van der Waals surface area contributed by atoms with E-state index < -0.39 is 6.10 Å². The number of aliphatic hydroxyl groups excluding tert-OH is 1. The summed E-state index contributed by atoms with van der Waals surface area (Å²) in [4.78, 5) is 1.27. The second-order valence-corrected chi connectivity index (χ2v) is 4.15. The summed E-state index contributed by atoms with van der Waals surface area (Å²) < 4.78 is 0. The van der Waals surface area contributed by atoms with E-state index in [4.69, 9.17) is 0 Å². The van der Waals surface area contributed by atoms with Crippen LogP contribution in [0, 0.1) is 6.92 Å². The molecule has 0 fully saturated rings. The lowest BCUT2D eigenvalue weighted by molar-refractivity contribution is 0.177. The lowest BCUT2D eigenvalue weighted by atomic mass is 10.1. The zero-order chi connectivity index (χ0) is 10.6. The Hall–Kier alpha value is -0.510. The Morgan fingerprint density at radius 3 is 2.71 bits per heavy atom. The van der Waals surface area contributed by atoms with Crippen LogP contribution in [0.5, 0.6) is 0 Å². The van der Waals surface area contributed by atoms with Crippen molar-refractivity contribution in [1.82, 2.24) is 5.32 Å². The lowest BCUT2D eigenvalue weighted by Crippen LogP contribution is -2.16. The molecule has 0 aliphatic heterocycles. The summed E-state index contributed by atoms with van der Waals surface area (Å²) in [6.07, 6.45) is 1.65. The van der Waals surface area contributed by atoms with Gasteiger partial charge >= 0.3 is 0 Å². The lowest BCUT2D eigenvalue weighted by Gasteiger charge is -2.12. The molecule has 2 N–H and O–H groups in total. The molecule has 0 saturated heterocycles. The average molecular weight is 211 g/mol. The number of likely N-dealkylation sites (N-methyl/N-ethyl adjacent to an activating group) is 1. The van der Waals surface area contributed by atoms with Gasteiger partial charge in [-0.05, 0) is 37.4 Å². The third-order valence-corrected chi connectivity index (χ3v) is 3.10. The van der Waals surface area contributed by atoms with Crippen LogP contribution in [0.2, 0.25) is 0 Å². The maximum Gasteiger partial charge on any atom is 0.0914 e. The Kier molecular flexibility index (Phi) is 4.45. The predicted octanol–water partition coefficient (Wildman–Crippen LogP) is 1.97. The number of hydrogen-bond acceptors (Lipinski definition) is 3. The van der Waals surface area contributed by atoms with Crippen LogP contribution in [-0.2, 0) is 0 Å². The molecule has 3 heteroatoms. The summed E-state index contributed by atoms with van der Waals surface area (Å²) in [6.45, 7) is 2.67. The van der Waals surface area contributed by atoms with Gasteiger partial charge < -0.3 is 10.4 Å². The van der Waals surface area contributed by atoms with E-state index in [0.29, 0.717) is 6.54 Å². The van der Waals surface area contributed by atoms with Crippen LogP contribution in [-0.4, -0.2) is 25.0 Å². The zero-order valence-corrected chi connectivity index (χ0v) is 9.69. The average Bonchev–Trinajstić information content (AvgIpc) is 2.18.